The van der Waals surface area contributed by atoms with Crippen molar-refractivity contribution in [3.8, 4) is 5.75 Å². The molecule has 134 valence electrons. The molecule has 9 nitrogen and oxygen atoms in total. The highest BCUT2D eigenvalue weighted by Gasteiger charge is 2.13. The van der Waals surface area contributed by atoms with Crippen molar-refractivity contribution in [1.82, 2.24) is 10.7 Å². The number of halogens is 1. The average molecular weight is 377 g/mol. The number of phenols is 1. The standard InChI is InChI=1S/C16H13ClN4O5/c17-12-3-1-2-11(7-12)16(24)18-9-15(23)20-19-8-10-4-5-14(22)13(6-10)21(25)26/h1-8,22H,9H2,(H,18,24)(H,20,23)/b19-8+. The Morgan fingerprint density at radius 1 is 1.27 bits per heavy atom. The highest BCUT2D eigenvalue weighted by Crippen LogP contribution is 2.25. The van der Waals surface area contributed by atoms with E-state index in [1.165, 1.54) is 18.3 Å². The minimum absolute atomic E-state index is 0.303. The lowest BCUT2D eigenvalue weighted by Crippen LogP contribution is -2.34. The molecule has 2 amide bonds. The van der Waals surface area contributed by atoms with Crippen LogP contribution in [0.3, 0.4) is 0 Å². The predicted molar refractivity (Wildman–Crippen MR) is 94.3 cm³/mol. The van der Waals surface area contributed by atoms with Gasteiger partial charge in [-0.25, -0.2) is 5.43 Å². The number of hydrogen-bond acceptors (Lipinski definition) is 6. The number of nitro groups is 1. The Morgan fingerprint density at radius 3 is 2.73 bits per heavy atom. The zero-order valence-electron chi connectivity index (χ0n) is 13.2. The number of benzene rings is 2. The third-order valence-electron chi connectivity index (χ3n) is 3.10. The number of rotatable bonds is 6. The van der Waals surface area contributed by atoms with Gasteiger partial charge in [-0.15, -0.1) is 0 Å². The van der Waals surface area contributed by atoms with Gasteiger partial charge in [-0.05, 0) is 30.3 Å². The summed E-state index contributed by atoms with van der Waals surface area (Å²) in [5.41, 5.74) is 2.31. The molecule has 2 rings (SSSR count). The molecular formula is C16H13ClN4O5. The molecule has 0 radical (unpaired) electrons. The Balaban J connectivity index is 1.87. The molecule has 26 heavy (non-hydrogen) atoms. The van der Waals surface area contributed by atoms with Gasteiger partial charge >= 0.3 is 5.69 Å². The topological polar surface area (TPSA) is 134 Å². The number of carbonyl (C=O) groups is 2. The van der Waals surface area contributed by atoms with Gasteiger partial charge in [-0.2, -0.15) is 5.10 Å². The molecule has 0 fully saturated rings. The van der Waals surface area contributed by atoms with Crippen molar-refractivity contribution >= 4 is 35.3 Å². The normalized spacial score (nSPS) is 10.5. The summed E-state index contributed by atoms with van der Waals surface area (Å²) in [4.78, 5) is 33.5. The lowest BCUT2D eigenvalue weighted by atomic mass is 10.2. The zero-order valence-corrected chi connectivity index (χ0v) is 13.9. The van der Waals surface area contributed by atoms with Crippen LogP contribution in [0, 0.1) is 10.1 Å². The number of phenolic OH excluding ortho intramolecular Hbond substituents is 1. The van der Waals surface area contributed by atoms with Crippen LogP contribution in [0.2, 0.25) is 5.02 Å². The van der Waals surface area contributed by atoms with Gasteiger partial charge < -0.3 is 10.4 Å². The number of carbonyl (C=O) groups excluding carboxylic acids is 2. The van der Waals surface area contributed by atoms with E-state index < -0.39 is 28.2 Å². The molecular weight excluding hydrogens is 364 g/mol. The number of nitro benzene ring substituents is 1. The molecule has 2 aromatic rings. The fourth-order valence-corrected chi connectivity index (χ4v) is 2.07. The van der Waals surface area contributed by atoms with Crippen LogP contribution < -0.4 is 10.7 Å². The Labute approximate surface area is 152 Å². The summed E-state index contributed by atoms with van der Waals surface area (Å²) in [6, 6.07) is 9.88. The third-order valence-corrected chi connectivity index (χ3v) is 3.33. The second kappa shape index (κ2) is 8.58. The lowest BCUT2D eigenvalue weighted by molar-refractivity contribution is -0.385. The molecule has 10 heteroatoms. The molecule has 0 saturated heterocycles. The summed E-state index contributed by atoms with van der Waals surface area (Å²) in [5.74, 6) is -1.54. The monoisotopic (exact) mass is 376 g/mol. The predicted octanol–water partition coefficient (Wildman–Crippen LogP) is 1.83. The van der Waals surface area contributed by atoms with Crippen LogP contribution in [0.25, 0.3) is 0 Å². The Morgan fingerprint density at radius 2 is 2.04 bits per heavy atom. The smallest absolute Gasteiger partial charge is 0.311 e. The second-order valence-corrected chi connectivity index (χ2v) is 5.43. The second-order valence-electron chi connectivity index (χ2n) is 4.99. The Bertz CT molecular complexity index is 885. The molecule has 3 N–H and O–H groups in total. The van der Waals surface area contributed by atoms with Crippen molar-refractivity contribution in [2.24, 2.45) is 5.10 Å². The lowest BCUT2D eigenvalue weighted by Gasteiger charge is -2.04. The summed E-state index contributed by atoms with van der Waals surface area (Å²) in [6.45, 7) is -0.321. The van der Waals surface area contributed by atoms with Crippen molar-refractivity contribution in [3.63, 3.8) is 0 Å². The van der Waals surface area contributed by atoms with E-state index in [1.807, 2.05) is 0 Å². The first kappa shape index (κ1) is 18.9. The number of aromatic hydroxyl groups is 1. The van der Waals surface area contributed by atoms with Crippen LogP contribution in [0.1, 0.15) is 15.9 Å². The van der Waals surface area contributed by atoms with Gasteiger partial charge in [0, 0.05) is 22.2 Å². The van der Waals surface area contributed by atoms with Crippen LogP contribution in [0.15, 0.2) is 47.6 Å². The van der Waals surface area contributed by atoms with Crippen LogP contribution in [0.4, 0.5) is 5.69 Å². The summed E-state index contributed by atoms with van der Waals surface area (Å²) >= 11 is 5.78. The van der Waals surface area contributed by atoms with Crippen molar-refractivity contribution < 1.29 is 19.6 Å². The molecule has 0 aromatic heterocycles. The van der Waals surface area contributed by atoms with Crippen molar-refractivity contribution in [3.05, 3.63) is 68.7 Å². The summed E-state index contributed by atoms with van der Waals surface area (Å²) in [5, 5.41) is 26.5. The minimum atomic E-state index is -0.739. The summed E-state index contributed by atoms with van der Waals surface area (Å²) < 4.78 is 0. The average Bonchev–Trinajstić information content (AvgIpc) is 2.60. The maximum atomic E-state index is 11.9. The van der Waals surface area contributed by atoms with Gasteiger partial charge in [-0.3, -0.25) is 19.7 Å². The van der Waals surface area contributed by atoms with E-state index in [-0.39, 0.29) is 6.54 Å². The van der Waals surface area contributed by atoms with E-state index >= 15 is 0 Å². The van der Waals surface area contributed by atoms with E-state index in [2.05, 4.69) is 15.8 Å². The number of hydrogen-bond donors (Lipinski definition) is 3. The number of nitrogens with zero attached hydrogens (tertiary/aromatic N) is 2. The van der Waals surface area contributed by atoms with Gasteiger partial charge in [0.2, 0.25) is 0 Å². The molecule has 0 aliphatic rings. The molecule has 0 aliphatic heterocycles. The minimum Gasteiger partial charge on any atom is -0.502 e. The molecule has 2 aromatic carbocycles. The van der Waals surface area contributed by atoms with Crippen LogP contribution in [0.5, 0.6) is 5.75 Å². The first-order valence-corrected chi connectivity index (χ1v) is 7.57. The molecule has 0 aliphatic carbocycles. The molecule has 0 spiro atoms. The van der Waals surface area contributed by atoms with Gasteiger partial charge in [0.25, 0.3) is 11.8 Å². The Hall–Kier alpha value is -3.46. The molecule has 0 saturated carbocycles. The van der Waals surface area contributed by atoms with Gasteiger partial charge in [0.05, 0.1) is 17.7 Å². The van der Waals surface area contributed by atoms with Crippen molar-refractivity contribution in [1.29, 1.82) is 0 Å². The fraction of sp³-hybridized carbons (Fsp3) is 0.0625. The number of hydrazone groups is 1. The maximum absolute atomic E-state index is 11.9. The van der Waals surface area contributed by atoms with Crippen LogP contribution >= 0.6 is 11.6 Å². The zero-order chi connectivity index (χ0) is 19.1. The molecule has 0 heterocycles. The highest BCUT2D eigenvalue weighted by molar-refractivity contribution is 6.30. The number of amides is 2. The number of nitrogens with one attached hydrogen (secondary N) is 2. The highest BCUT2D eigenvalue weighted by atomic mass is 35.5. The van der Waals surface area contributed by atoms with Crippen molar-refractivity contribution in [2.75, 3.05) is 6.54 Å². The third kappa shape index (κ3) is 5.28. The van der Waals surface area contributed by atoms with E-state index in [0.717, 1.165) is 12.1 Å². The van der Waals surface area contributed by atoms with Gasteiger partial charge in [0.1, 0.15) is 0 Å². The fourth-order valence-electron chi connectivity index (χ4n) is 1.88. The summed E-state index contributed by atoms with van der Waals surface area (Å²) in [7, 11) is 0. The maximum Gasteiger partial charge on any atom is 0.311 e. The van der Waals surface area contributed by atoms with Crippen LogP contribution in [-0.2, 0) is 4.79 Å². The SMILES string of the molecule is O=C(CNC(=O)c1cccc(Cl)c1)N/N=C/c1ccc(O)c([N+](=O)[O-])c1. The van der Waals surface area contributed by atoms with Gasteiger partial charge in [-0.1, -0.05) is 17.7 Å². The van der Waals surface area contributed by atoms with E-state index in [4.69, 9.17) is 11.6 Å². The van der Waals surface area contributed by atoms with Crippen LogP contribution in [-0.4, -0.2) is 34.6 Å². The quantitative estimate of drug-likeness (QED) is 0.401. The first-order valence-electron chi connectivity index (χ1n) is 7.20. The molecule has 0 unspecified atom stereocenters. The van der Waals surface area contributed by atoms with E-state index in [9.17, 15) is 24.8 Å². The van der Waals surface area contributed by atoms with E-state index in [1.54, 1.807) is 18.2 Å². The largest absolute Gasteiger partial charge is 0.502 e. The molecule has 0 bridgehead atoms. The van der Waals surface area contributed by atoms with Crippen molar-refractivity contribution in [2.45, 2.75) is 0 Å². The first-order chi connectivity index (χ1) is 12.4. The summed E-state index contributed by atoms with van der Waals surface area (Å²) in [6.07, 6.45) is 1.17. The van der Waals surface area contributed by atoms with E-state index in [0.29, 0.717) is 16.1 Å². The Kier molecular flexibility index (Phi) is 6.23. The molecule has 0 atom stereocenters. The van der Waals surface area contributed by atoms with Gasteiger partial charge in [0.15, 0.2) is 5.75 Å².